The molecule has 0 aromatic heterocycles. The van der Waals surface area contributed by atoms with Gasteiger partial charge in [-0.2, -0.15) is 0 Å². The zero-order chi connectivity index (χ0) is 11.9. The van der Waals surface area contributed by atoms with Gasteiger partial charge in [-0.3, -0.25) is 0 Å². The van der Waals surface area contributed by atoms with Crippen LogP contribution in [0.4, 0.5) is 0 Å². The number of rotatable bonds is 7. The maximum Gasteiger partial charge on any atom is 0.332 e. The fourth-order valence-electron chi connectivity index (χ4n) is 1.47. The second-order valence-electron chi connectivity index (χ2n) is 3.87. The lowest BCUT2D eigenvalue weighted by molar-refractivity contribution is -0.227. The van der Waals surface area contributed by atoms with Gasteiger partial charge in [-0.1, -0.05) is 40.2 Å². The van der Waals surface area contributed by atoms with Gasteiger partial charge in [0, 0.05) is 18.4 Å². The Morgan fingerprint density at radius 1 is 1.60 bits per heavy atom. The molecule has 0 aliphatic heterocycles. The van der Waals surface area contributed by atoms with E-state index >= 15 is 0 Å². The monoisotopic (exact) mass is 214 g/mol. The van der Waals surface area contributed by atoms with Gasteiger partial charge in [0.1, 0.15) is 0 Å². The summed E-state index contributed by atoms with van der Waals surface area (Å²) in [5.74, 6) is -1.96. The van der Waals surface area contributed by atoms with Crippen molar-refractivity contribution in [2.75, 3.05) is 0 Å². The highest BCUT2D eigenvalue weighted by molar-refractivity contribution is 5.81. The van der Waals surface area contributed by atoms with E-state index in [1.807, 2.05) is 6.92 Å². The largest absolute Gasteiger partial charge is 0.430 e. The van der Waals surface area contributed by atoms with Crippen molar-refractivity contribution >= 4 is 5.97 Å². The van der Waals surface area contributed by atoms with Crippen LogP contribution in [0.25, 0.3) is 0 Å². The molecule has 0 aliphatic rings. The van der Waals surface area contributed by atoms with Crippen molar-refractivity contribution in [3.8, 4) is 0 Å². The predicted octanol–water partition coefficient (Wildman–Crippen LogP) is 2.64. The minimum absolute atomic E-state index is 0.0497. The highest BCUT2D eigenvalue weighted by Gasteiger charge is 2.34. The van der Waals surface area contributed by atoms with Gasteiger partial charge in [-0.05, 0) is 6.42 Å². The third kappa shape index (κ3) is 4.47. The fourth-order valence-corrected chi connectivity index (χ4v) is 1.47. The van der Waals surface area contributed by atoms with Gasteiger partial charge in [0.05, 0.1) is 0 Å². The molecule has 0 radical (unpaired) electrons. The average Bonchev–Trinajstić information content (AvgIpc) is 2.25. The number of carbonyl (C=O) groups is 1. The first-order valence-electron chi connectivity index (χ1n) is 5.57. The first kappa shape index (κ1) is 14.2. The van der Waals surface area contributed by atoms with E-state index in [1.54, 1.807) is 6.92 Å². The molecular formula is C12H22O3. The molecule has 0 bridgehead atoms. The molecule has 0 rings (SSSR count). The number of carbonyl (C=O) groups excluding carboxylic acids is 1. The molecule has 0 aromatic rings. The molecule has 0 heterocycles. The van der Waals surface area contributed by atoms with Crippen molar-refractivity contribution in [3.63, 3.8) is 0 Å². The van der Waals surface area contributed by atoms with E-state index in [0.717, 1.165) is 25.3 Å². The summed E-state index contributed by atoms with van der Waals surface area (Å²) in [4.78, 5) is 11.1. The number of esters is 1. The van der Waals surface area contributed by atoms with Crippen molar-refractivity contribution < 1.29 is 14.6 Å². The number of aliphatic hydroxyl groups is 1. The Labute approximate surface area is 92.1 Å². The summed E-state index contributed by atoms with van der Waals surface area (Å²) in [6.45, 7) is 9.11. The maximum absolute atomic E-state index is 11.1. The Kier molecular flexibility index (Phi) is 6.25. The lowest BCUT2D eigenvalue weighted by atomic mass is 9.92. The number of unbranched alkanes of at least 4 members (excludes halogenated alkanes) is 1. The second-order valence-corrected chi connectivity index (χ2v) is 3.87. The molecule has 1 N–H and O–H groups in total. The third-order valence-electron chi connectivity index (χ3n) is 2.71. The standard InChI is InChI=1S/C12H22O3/c1-5-8-9-10(4)12(14,7-3)15-11(13)6-2/h6,10,14H,2,5,7-9H2,1,3-4H3. The van der Waals surface area contributed by atoms with Crippen molar-refractivity contribution in [3.05, 3.63) is 12.7 Å². The fraction of sp³-hybridized carbons (Fsp3) is 0.750. The minimum Gasteiger partial charge on any atom is -0.430 e. The van der Waals surface area contributed by atoms with Crippen LogP contribution >= 0.6 is 0 Å². The van der Waals surface area contributed by atoms with Crippen LogP contribution in [0.15, 0.2) is 12.7 Å². The van der Waals surface area contributed by atoms with Gasteiger partial charge in [-0.25, -0.2) is 4.79 Å². The second kappa shape index (κ2) is 6.62. The van der Waals surface area contributed by atoms with E-state index in [2.05, 4.69) is 13.5 Å². The number of ether oxygens (including phenoxy) is 1. The maximum atomic E-state index is 11.1. The quantitative estimate of drug-likeness (QED) is 0.402. The zero-order valence-corrected chi connectivity index (χ0v) is 9.95. The molecular weight excluding hydrogens is 192 g/mol. The third-order valence-corrected chi connectivity index (χ3v) is 2.71. The first-order valence-corrected chi connectivity index (χ1v) is 5.57. The molecule has 2 unspecified atom stereocenters. The summed E-state index contributed by atoms with van der Waals surface area (Å²) in [7, 11) is 0. The Morgan fingerprint density at radius 3 is 2.60 bits per heavy atom. The number of hydrogen-bond donors (Lipinski definition) is 1. The van der Waals surface area contributed by atoms with Crippen molar-refractivity contribution in [1.29, 1.82) is 0 Å². The van der Waals surface area contributed by atoms with Crippen molar-refractivity contribution in [2.24, 2.45) is 5.92 Å². The molecule has 3 nitrogen and oxygen atoms in total. The molecule has 15 heavy (non-hydrogen) atoms. The highest BCUT2D eigenvalue weighted by Crippen LogP contribution is 2.27. The smallest absolute Gasteiger partial charge is 0.332 e. The molecule has 0 saturated heterocycles. The van der Waals surface area contributed by atoms with Gasteiger partial charge < -0.3 is 9.84 Å². The van der Waals surface area contributed by atoms with Gasteiger partial charge >= 0.3 is 5.97 Å². The van der Waals surface area contributed by atoms with Gasteiger partial charge in [0.25, 0.3) is 0 Å². The molecule has 2 atom stereocenters. The van der Waals surface area contributed by atoms with Crippen LogP contribution in [0.2, 0.25) is 0 Å². The highest BCUT2D eigenvalue weighted by atomic mass is 16.7. The Balaban J connectivity index is 4.38. The molecule has 0 saturated carbocycles. The lowest BCUT2D eigenvalue weighted by Crippen LogP contribution is -2.40. The first-order chi connectivity index (χ1) is 7.00. The van der Waals surface area contributed by atoms with E-state index in [9.17, 15) is 9.90 Å². The Hall–Kier alpha value is -0.830. The molecule has 0 aliphatic carbocycles. The summed E-state index contributed by atoms with van der Waals surface area (Å²) in [6, 6.07) is 0. The Bertz CT molecular complexity index is 213. The predicted molar refractivity (Wildman–Crippen MR) is 60.2 cm³/mol. The van der Waals surface area contributed by atoms with Crippen LogP contribution in [-0.4, -0.2) is 16.9 Å². The summed E-state index contributed by atoms with van der Waals surface area (Å²) >= 11 is 0. The Morgan fingerprint density at radius 2 is 2.20 bits per heavy atom. The average molecular weight is 214 g/mol. The van der Waals surface area contributed by atoms with Crippen LogP contribution in [0.1, 0.15) is 46.5 Å². The van der Waals surface area contributed by atoms with E-state index in [4.69, 9.17) is 4.74 Å². The SMILES string of the molecule is C=CC(=O)OC(O)(CC)C(C)CCCC. The number of hydrogen-bond acceptors (Lipinski definition) is 3. The van der Waals surface area contributed by atoms with Crippen molar-refractivity contribution in [1.82, 2.24) is 0 Å². The van der Waals surface area contributed by atoms with Gasteiger partial charge in [0.15, 0.2) is 0 Å². The lowest BCUT2D eigenvalue weighted by Gasteiger charge is -2.32. The van der Waals surface area contributed by atoms with Crippen molar-refractivity contribution in [2.45, 2.75) is 52.2 Å². The summed E-state index contributed by atoms with van der Waals surface area (Å²) in [5.41, 5.74) is 0. The molecule has 0 aromatic carbocycles. The summed E-state index contributed by atoms with van der Waals surface area (Å²) in [5, 5.41) is 10.1. The summed E-state index contributed by atoms with van der Waals surface area (Å²) in [6.07, 6.45) is 4.42. The molecule has 0 spiro atoms. The van der Waals surface area contributed by atoms with E-state index in [-0.39, 0.29) is 5.92 Å². The summed E-state index contributed by atoms with van der Waals surface area (Å²) < 4.78 is 4.99. The van der Waals surface area contributed by atoms with E-state index in [0.29, 0.717) is 6.42 Å². The van der Waals surface area contributed by atoms with Crippen LogP contribution in [-0.2, 0) is 9.53 Å². The van der Waals surface area contributed by atoms with Crippen LogP contribution in [0, 0.1) is 5.92 Å². The molecule has 3 heteroatoms. The normalized spacial score (nSPS) is 16.5. The van der Waals surface area contributed by atoms with E-state index < -0.39 is 11.8 Å². The minimum atomic E-state index is -1.35. The zero-order valence-electron chi connectivity index (χ0n) is 9.95. The molecule has 0 amide bonds. The van der Waals surface area contributed by atoms with Gasteiger partial charge in [-0.15, -0.1) is 0 Å². The van der Waals surface area contributed by atoms with Crippen LogP contribution < -0.4 is 0 Å². The topological polar surface area (TPSA) is 46.5 Å². The molecule has 88 valence electrons. The van der Waals surface area contributed by atoms with E-state index in [1.165, 1.54) is 0 Å². The van der Waals surface area contributed by atoms with Crippen LogP contribution in [0.3, 0.4) is 0 Å². The van der Waals surface area contributed by atoms with Gasteiger partial charge in [0.2, 0.25) is 5.79 Å². The van der Waals surface area contributed by atoms with Crippen LogP contribution in [0.5, 0.6) is 0 Å². The molecule has 0 fully saturated rings.